The Bertz CT molecular complexity index is 879. The number of aliphatic hydroxyl groups is 1. The summed E-state index contributed by atoms with van der Waals surface area (Å²) in [5.41, 5.74) is 2.10. The molecule has 0 aromatic heterocycles. The molecule has 0 saturated carbocycles. The van der Waals surface area contributed by atoms with Gasteiger partial charge in [-0.2, -0.15) is 0 Å². The lowest BCUT2D eigenvalue weighted by Crippen LogP contribution is -2.52. The summed E-state index contributed by atoms with van der Waals surface area (Å²) in [5, 5.41) is 10.9. The van der Waals surface area contributed by atoms with Crippen molar-refractivity contribution in [3.05, 3.63) is 54.1 Å². The highest BCUT2D eigenvalue weighted by Crippen LogP contribution is 2.45. The van der Waals surface area contributed by atoms with Crippen LogP contribution in [0.15, 0.2) is 48.5 Å². The van der Waals surface area contributed by atoms with Crippen molar-refractivity contribution in [3.63, 3.8) is 0 Å². The summed E-state index contributed by atoms with van der Waals surface area (Å²) in [4.78, 5) is 14.1. The summed E-state index contributed by atoms with van der Waals surface area (Å²) in [6.07, 6.45) is 1.05. The zero-order chi connectivity index (χ0) is 20.6. The third kappa shape index (κ3) is 4.25. The molecule has 0 aliphatic carbocycles. The molecule has 1 spiro atoms. The first kappa shape index (κ1) is 19.8. The van der Waals surface area contributed by atoms with Gasteiger partial charge in [-0.05, 0) is 44.0 Å². The molecule has 1 amide bonds. The Kier molecular flexibility index (Phi) is 5.03. The van der Waals surface area contributed by atoms with Gasteiger partial charge in [0.25, 0.3) is 0 Å². The van der Waals surface area contributed by atoms with Crippen molar-refractivity contribution in [3.8, 4) is 16.9 Å². The monoisotopic (exact) mass is 395 g/mol. The highest BCUT2D eigenvalue weighted by molar-refractivity contribution is 5.68. The van der Waals surface area contributed by atoms with Crippen molar-refractivity contribution in [2.45, 2.75) is 57.3 Å². The predicted octanol–water partition coefficient (Wildman–Crippen LogP) is 4.94. The lowest BCUT2D eigenvalue weighted by Gasteiger charge is -2.46. The number of likely N-dealkylation sites (tertiary alicyclic amines) is 1. The largest absolute Gasteiger partial charge is 0.487 e. The summed E-state index contributed by atoms with van der Waals surface area (Å²) < 4.78 is 11.9. The third-order valence-electron chi connectivity index (χ3n) is 5.69. The van der Waals surface area contributed by atoms with Crippen molar-refractivity contribution in [2.24, 2.45) is 0 Å². The summed E-state index contributed by atoms with van der Waals surface area (Å²) in [6.45, 7) is 6.75. The van der Waals surface area contributed by atoms with E-state index in [9.17, 15) is 9.90 Å². The minimum absolute atomic E-state index is 0.281. The highest BCUT2D eigenvalue weighted by atomic mass is 16.6. The molecule has 154 valence electrons. The standard InChI is InChI=1S/C24H29NO4/c1-23(2,3)29-22(27)25-13-11-24(12-14-25)16-20(26)19-15-18(9-10-21(19)28-24)17-7-5-4-6-8-17/h4-10,15,20,26H,11-14,16H2,1-3H3/t20-/m1/s1. The summed E-state index contributed by atoms with van der Waals surface area (Å²) in [5.74, 6) is 0.745. The number of benzene rings is 2. The Hall–Kier alpha value is -2.53. The van der Waals surface area contributed by atoms with E-state index >= 15 is 0 Å². The predicted molar refractivity (Wildman–Crippen MR) is 112 cm³/mol. The first-order valence-corrected chi connectivity index (χ1v) is 10.3. The van der Waals surface area contributed by atoms with Crippen molar-refractivity contribution in [1.82, 2.24) is 4.90 Å². The van der Waals surface area contributed by atoms with Crippen LogP contribution in [-0.2, 0) is 4.74 Å². The smallest absolute Gasteiger partial charge is 0.410 e. The number of aliphatic hydroxyl groups excluding tert-OH is 1. The van der Waals surface area contributed by atoms with E-state index in [0.29, 0.717) is 32.4 Å². The second-order valence-electron chi connectivity index (χ2n) is 9.09. The topological polar surface area (TPSA) is 59.0 Å². The van der Waals surface area contributed by atoms with E-state index in [1.165, 1.54) is 0 Å². The van der Waals surface area contributed by atoms with Gasteiger partial charge in [-0.15, -0.1) is 0 Å². The van der Waals surface area contributed by atoms with Gasteiger partial charge in [0, 0.05) is 37.9 Å². The van der Waals surface area contributed by atoms with Gasteiger partial charge in [0.2, 0.25) is 0 Å². The van der Waals surface area contributed by atoms with Crippen LogP contribution >= 0.6 is 0 Å². The number of rotatable bonds is 1. The van der Waals surface area contributed by atoms with E-state index in [1.807, 2.05) is 57.2 Å². The van der Waals surface area contributed by atoms with Gasteiger partial charge >= 0.3 is 6.09 Å². The van der Waals surface area contributed by atoms with E-state index in [0.717, 1.165) is 22.4 Å². The van der Waals surface area contributed by atoms with Crippen LogP contribution in [0.3, 0.4) is 0 Å². The van der Waals surface area contributed by atoms with Crippen LogP contribution in [-0.4, -0.2) is 40.4 Å². The molecule has 1 fully saturated rings. The Morgan fingerprint density at radius 2 is 1.79 bits per heavy atom. The molecule has 1 N–H and O–H groups in total. The molecule has 2 aromatic rings. The fourth-order valence-corrected chi connectivity index (χ4v) is 4.18. The number of nitrogens with zero attached hydrogens (tertiary/aromatic N) is 1. The lowest BCUT2D eigenvalue weighted by atomic mass is 9.81. The molecule has 0 bridgehead atoms. The van der Waals surface area contributed by atoms with Crippen LogP contribution < -0.4 is 4.74 Å². The van der Waals surface area contributed by atoms with Crippen LogP contribution in [0, 0.1) is 0 Å². The number of hydrogen-bond acceptors (Lipinski definition) is 4. The quantitative estimate of drug-likeness (QED) is 0.743. The number of carbonyl (C=O) groups excluding carboxylic acids is 1. The molecule has 4 rings (SSSR count). The van der Waals surface area contributed by atoms with Crippen LogP contribution in [0.4, 0.5) is 4.79 Å². The normalized spacial score (nSPS) is 20.7. The number of ether oxygens (including phenoxy) is 2. The van der Waals surface area contributed by atoms with Crippen LogP contribution in [0.25, 0.3) is 11.1 Å². The molecule has 0 radical (unpaired) electrons. The molecule has 2 aliphatic heterocycles. The molecule has 2 aromatic carbocycles. The average molecular weight is 395 g/mol. The molecule has 1 saturated heterocycles. The number of hydrogen-bond donors (Lipinski definition) is 1. The fourth-order valence-electron chi connectivity index (χ4n) is 4.18. The van der Waals surface area contributed by atoms with Gasteiger partial charge in [-0.25, -0.2) is 4.79 Å². The molecular formula is C24H29NO4. The number of piperidine rings is 1. The molecule has 29 heavy (non-hydrogen) atoms. The van der Waals surface area contributed by atoms with Crippen molar-refractivity contribution in [2.75, 3.05) is 13.1 Å². The van der Waals surface area contributed by atoms with E-state index in [-0.39, 0.29) is 6.09 Å². The van der Waals surface area contributed by atoms with Crippen LogP contribution in [0.5, 0.6) is 5.75 Å². The molecule has 5 nitrogen and oxygen atoms in total. The lowest BCUT2D eigenvalue weighted by molar-refractivity contribution is -0.0569. The van der Waals surface area contributed by atoms with Crippen molar-refractivity contribution < 1.29 is 19.4 Å². The molecular weight excluding hydrogens is 366 g/mol. The maximum absolute atomic E-state index is 12.3. The second kappa shape index (κ2) is 7.38. The minimum atomic E-state index is -0.574. The Morgan fingerprint density at radius 3 is 2.45 bits per heavy atom. The first-order chi connectivity index (χ1) is 13.7. The second-order valence-corrected chi connectivity index (χ2v) is 9.09. The fraction of sp³-hybridized carbons (Fsp3) is 0.458. The van der Waals surface area contributed by atoms with Crippen LogP contribution in [0.2, 0.25) is 0 Å². The molecule has 0 unspecified atom stereocenters. The zero-order valence-corrected chi connectivity index (χ0v) is 17.4. The Balaban J connectivity index is 1.48. The molecule has 2 aliphatic rings. The maximum Gasteiger partial charge on any atom is 0.410 e. The number of fused-ring (bicyclic) bond motifs is 1. The Morgan fingerprint density at radius 1 is 1.10 bits per heavy atom. The summed E-state index contributed by atoms with van der Waals surface area (Å²) in [7, 11) is 0. The zero-order valence-electron chi connectivity index (χ0n) is 17.4. The molecule has 5 heteroatoms. The molecule has 1 atom stereocenters. The molecule has 2 heterocycles. The summed E-state index contributed by atoms with van der Waals surface area (Å²) >= 11 is 0. The van der Waals surface area contributed by atoms with E-state index in [2.05, 4.69) is 12.1 Å². The van der Waals surface area contributed by atoms with Gasteiger partial charge in [-0.1, -0.05) is 36.4 Å². The number of amides is 1. The third-order valence-corrected chi connectivity index (χ3v) is 5.69. The van der Waals surface area contributed by atoms with Gasteiger partial charge in [0.1, 0.15) is 17.0 Å². The number of carbonyl (C=O) groups is 1. The average Bonchev–Trinajstić information content (AvgIpc) is 2.67. The van der Waals surface area contributed by atoms with Crippen LogP contribution in [0.1, 0.15) is 51.7 Å². The SMILES string of the molecule is CC(C)(C)OC(=O)N1CCC2(CC1)C[C@@H](O)c1cc(-c3ccccc3)ccc1O2. The first-order valence-electron chi connectivity index (χ1n) is 10.3. The van der Waals surface area contributed by atoms with Gasteiger partial charge < -0.3 is 19.5 Å². The van der Waals surface area contributed by atoms with E-state index in [1.54, 1.807) is 4.90 Å². The Labute approximate surface area is 172 Å². The minimum Gasteiger partial charge on any atom is -0.487 e. The summed E-state index contributed by atoms with van der Waals surface area (Å²) in [6, 6.07) is 16.2. The van der Waals surface area contributed by atoms with E-state index in [4.69, 9.17) is 9.47 Å². The van der Waals surface area contributed by atoms with E-state index < -0.39 is 17.3 Å². The van der Waals surface area contributed by atoms with Gasteiger partial charge in [-0.3, -0.25) is 0 Å². The van der Waals surface area contributed by atoms with Crippen molar-refractivity contribution >= 4 is 6.09 Å². The van der Waals surface area contributed by atoms with Gasteiger partial charge in [0.05, 0.1) is 6.10 Å². The highest BCUT2D eigenvalue weighted by Gasteiger charge is 2.44. The van der Waals surface area contributed by atoms with Gasteiger partial charge in [0.15, 0.2) is 0 Å². The maximum atomic E-state index is 12.3. The van der Waals surface area contributed by atoms with Crippen molar-refractivity contribution in [1.29, 1.82) is 0 Å².